The van der Waals surface area contributed by atoms with Gasteiger partial charge >= 0.3 is 0 Å². The van der Waals surface area contributed by atoms with Crippen molar-refractivity contribution in [2.24, 2.45) is 0 Å². The normalized spacial score (nSPS) is 13.0. The van der Waals surface area contributed by atoms with Crippen LogP contribution in [0.1, 0.15) is 20.7 Å². The molecule has 0 fully saturated rings. The maximum absolute atomic E-state index is 13.0. The maximum Gasteiger partial charge on any atom is 0.197 e. The van der Waals surface area contributed by atoms with E-state index in [-0.39, 0.29) is 17.1 Å². The number of hydrogen-bond donors (Lipinski definition) is 0. The quantitative estimate of drug-likeness (QED) is 0.387. The molecule has 1 heterocycles. The standard InChI is InChI=1S/C24H14O4/c25-21(15-7-3-1-4-8-15)19-12-11-18-20(22(19)26)13-16-14-27-24(18)23(16)28-17-9-5-2-6-10-17/h1-14H. The van der Waals surface area contributed by atoms with Crippen LogP contribution in [0.4, 0.5) is 0 Å². The zero-order chi connectivity index (χ0) is 19.1. The molecule has 2 bridgehead atoms. The minimum atomic E-state index is -0.306. The van der Waals surface area contributed by atoms with E-state index >= 15 is 0 Å². The number of ketones is 2. The second kappa shape index (κ2) is 6.35. The monoisotopic (exact) mass is 366 g/mol. The number of carbonyl (C=O) groups excluding carboxylic acids is 2. The number of Topliss-reactive ketones (excluding diaryl/α,β-unsaturated/α-hetero) is 2. The highest BCUT2D eigenvalue weighted by Crippen LogP contribution is 2.34. The summed E-state index contributed by atoms with van der Waals surface area (Å²) in [6.07, 6.45) is 4.86. The average molecular weight is 366 g/mol. The molecule has 0 amide bonds. The van der Waals surface area contributed by atoms with Crippen LogP contribution in [-0.2, 0) is 0 Å². The molecule has 28 heavy (non-hydrogen) atoms. The van der Waals surface area contributed by atoms with E-state index in [9.17, 15) is 9.59 Å². The van der Waals surface area contributed by atoms with E-state index < -0.39 is 0 Å². The minimum absolute atomic E-state index is 0.147. The molecule has 1 aliphatic carbocycles. The van der Waals surface area contributed by atoms with Crippen molar-refractivity contribution in [3.63, 3.8) is 0 Å². The van der Waals surface area contributed by atoms with E-state index in [0.717, 1.165) is 0 Å². The van der Waals surface area contributed by atoms with Gasteiger partial charge in [0, 0.05) is 16.3 Å². The van der Waals surface area contributed by atoms with Gasteiger partial charge in [-0.2, -0.15) is 0 Å². The summed E-state index contributed by atoms with van der Waals surface area (Å²) in [5.41, 5.74) is 1.57. The second-order valence-corrected chi connectivity index (χ2v) is 6.51. The molecule has 0 atom stereocenters. The zero-order valence-electron chi connectivity index (χ0n) is 14.7. The smallest absolute Gasteiger partial charge is 0.197 e. The van der Waals surface area contributed by atoms with Crippen LogP contribution < -0.4 is 9.96 Å². The number of para-hydroxylation sites is 1. The van der Waals surface area contributed by atoms with Crippen LogP contribution in [0.5, 0.6) is 11.5 Å². The third-order valence-electron chi connectivity index (χ3n) is 4.76. The number of furan rings is 1. The number of benzene rings is 3. The van der Waals surface area contributed by atoms with Crippen LogP contribution in [0.25, 0.3) is 17.0 Å². The molecule has 0 aliphatic heterocycles. The fourth-order valence-corrected chi connectivity index (χ4v) is 3.38. The van der Waals surface area contributed by atoms with Crippen LogP contribution >= 0.6 is 0 Å². The summed E-state index contributed by atoms with van der Waals surface area (Å²) in [6, 6.07) is 19.9. The van der Waals surface area contributed by atoms with Crippen molar-refractivity contribution in [1.29, 1.82) is 0 Å². The van der Waals surface area contributed by atoms with Crippen LogP contribution in [0.2, 0.25) is 0 Å². The summed E-state index contributed by atoms with van der Waals surface area (Å²) >= 11 is 0. The van der Waals surface area contributed by atoms with Gasteiger partial charge in [-0.15, -0.1) is 0 Å². The van der Waals surface area contributed by atoms with Gasteiger partial charge in [0.25, 0.3) is 0 Å². The Balaban J connectivity index is 1.60. The first-order valence-electron chi connectivity index (χ1n) is 8.85. The molecule has 3 aromatic carbocycles. The Hall–Kier alpha value is -3.92. The van der Waals surface area contributed by atoms with Crippen molar-refractivity contribution in [1.82, 2.24) is 0 Å². The molecule has 0 saturated carbocycles. The summed E-state index contributed by atoms with van der Waals surface area (Å²) in [4.78, 5) is 25.8. The maximum atomic E-state index is 13.0. The van der Waals surface area contributed by atoms with Gasteiger partial charge in [-0.05, 0) is 30.4 Å². The first-order chi connectivity index (χ1) is 13.7. The molecular formula is C24H14O4. The average Bonchev–Trinajstić information content (AvgIpc) is 3.01. The Morgan fingerprint density at radius 2 is 1.61 bits per heavy atom. The number of carbonyl (C=O) groups is 2. The predicted molar refractivity (Wildman–Crippen MR) is 106 cm³/mol. The highest BCUT2D eigenvalue weighted by molar-refractivity contribution is 6.32. The largest absolute Gasteiger partial charge is 0.460 e. The minimum Gasteiger partial charge on any atom is -0.460 e. The fourth-order valence-electron chi connectivity index (χ4n) is 3.38. The molecule has 1 aromatic heterocycles. The van der Waals surface area contributed by atoms with Gasteiger partial charge in [0.1, 0.15) is 12.0 Å². The van der Waals surface area contributed by atoms with E-state index in [2.05, 4.69) is 0 Å². The lowest BCUT2D eigenvalue weighted by Crippen LogP contribution is -2.24. The van der Waals surface area contributed by atoms with Gasteiger partial charge in [0.15, 0.2) is 22.9 Å². The number of fused-ring (bicyclic) bond motifs is 4. The van der Waals surface area contributed by atoms with Crippen molar-refractivity contribution in [3.8, 4) is 11.5 Å². The highest BCUT2D eigenvalue weighted by atomic mass is 16.5. The Bertz CT molecular complexity index is 1300. The van der Waals surface area contributed by atoms with Crippen molar-refractivity contribution in [2.75, 3.05) is 0 Å². The van der Waals surface area contributed by atoms with Crippen molar-refractivity contribution in [2.45, 2.75) is 0 Å². The van der Waals surface area contributed by atoms with Crippen LogP contribution in [-0.4, -0.2) is 11.6 Å². The van der Waals surface area contributed by atoms with Gasteiger partial charge in [-0.3, -0.25) is 9.59 Å². The molecule has 4 heteroatoms. The highest BCUT2D eigenvalue weighted by Gasteiger charge is 2.27. The molecule has 0 spiro atoms. The van der Waals surface area contributed by atoms with Crippen molar-refractivity contribution >= 4 is 28.6 Å². The first-order valence-corrected chi connectivity index (χ1v) is 8.85. The topological polar surface area (TPSA) is 56.5 Å². The molecule has 134 valence electrons. The second-order valence-electron chi connectivity index (χ2n) is 6.51. The number of ether oxygens (including phenoxy) is 1. The summed E-state index contributed by atoms with van der Waals surface area (Å²) < 4.78 is 11.6. The molecule has 4 aromatic rings. The molecule has 4 nitrogen and oxygen atoms in total. The van der Waals surface area contributed by atoms with Gasteiger partial charge in [0.05, 0.1) is 11.0 Å². The first kappa shape index (κ1) is 16.3. The van der Waals surface area contributed by atoms with E-state index in [4.69, 9.17) is 9.15 Å². The third-order valence-corrected chi connectivity index (χ3v) is 4.76. The molecule has 1 aliphatic rings. The molecule has 0 N–H and O–H groups in total. The lowest BCUT2D eigenvalue weighted by Gasteiger charge is -2.12. The third kappa shape index (κ3) is 2.55. The predicted octanol–water partition coefficient (Wildman–Crippen LogP) is 4.73. The Morgan fingerprint density at radius 1 is 0.893 bits per heavy atom. The van der Waals surface area contributed by atoms with Gasteiger partial charge in [-0.25, -0.2) is 0 Å². The fraction of sp³-hybridized carbons (Fsp3) is 0. The number of hydrogen-bond acceptors (Lipinski definition) is 4. The van der Waals surface area contributed by atoms with E-state index in [0.29, 0.717) is 38.8 Å². The number of allylic oxidation sites excluding steroid dienone is 2. The van der Waals surface area contributed by atoms with E-state index in [1.807, 2.05) is 36.4 Å². The van der Waals surface area contributed by atoms with Crippen LogP contribution in [0, 0.1) is 0 Å². The zero-order valence-corrected chi connectivity index (χ0v) is 14.7. The lowest BCUT2D eigenvalue weighted by molar-refractivity contribution is 0.0961. The number of rotatable bonds is 4. The molecule has 0 saturated heterocycles. The van der Waals surface area contributed by atoms with Crippen molar-refractivity contribution in [3.05, 3.63) is 101 Å². The Morgan fingerprint density at radius 3 is 2.36 bits per heavy atom. The molecule has 0 unspecified atom stereocenters. The van der Waals surface area contributed by atoms with E-state index in [1.165, 1.54) is 0 Å². The Labute approximate surface area is 160 Å². The van der Waals surface area contributed by atoms with Gasteiger partial charge < -0.3 is 9.15 Å². The molecular weight excluding hydrogens is 352 g/mol. The van der Waals surface area contributed by atoms with E-state index in [1.54, 1.807) is 48.7 Å². The Kier molecular flexibility index (Phi) is 3.69. The van der Waals surface area contributed by atoms with Crippen LogP contribution in [0.15, 0.2) is 89.1 Å². The lowest BCUT2D eigenvalue weighted by atomic mass is 9.90. The SMILES string of the molecule is O=C(C1=CC=c2c(cc3coc2c3Oc2ccccc2)C1=O)c1ccccc1. The molecule has 0 radical (unpaired) electrons. The summed E-state index contributed by atoms with van der Waals surface area (Å²) in [5.74, 6) is 0.657. The van der Waals surface area contributed by atoms with Crippen LogP contribution in [0.3, 0.4) is 0 Å². The summed E-state index contributed by atoms with van der Waals surface area (Å²) in [6.45, 7) is 0. The molecule has 5 rings (SSSR count). The van der Waals surface area contributed by atoms with Gasteiger partial charge in [0.2, 0.25) is 0 Å². The summed E-state index contributed by atoms with van der Waals surface area (Å²) in [7, 11) is 0. The van der Waals surface area contributed by atoms with Gasteiger partial charge in [-0.1, -0.05) is 48.5 Å². The summed E-state index contributed by atoms with van der Waals surface area (Å²) in [5, 5.41) is 1.30. The van der Waals surface area contributed by atoms with Crippen molar-refractivity contribution < 1.29 is 18.7 Å².